The maximum absolute atomic E-state index is 12.3. The average Bonchev–Trinajstić information content (AvgIpc) is 3.10. The molecule has 1 amide bonds. The number of aryl methyl sites for hydroxylation is 2. The van der Waals surface area contributed by atoms with Gasteiger partial charge in [-0.2, -0.15) is 0 Å². The molecule has 1 heterocycles. The number of benzene rings is 3. The zero-order chi connectivity index (χ0) is 20.2. The number of anilines is 1. The summed E-state index contributed by atoms with van der Waals surface area (Å²) in [6.45, 7) is 3.86. The van der Waals surface area contributed by atoms with Gasteiger partial charge in [0, 0.05) is 6.07 Å². The molecule has 0 aliphatic heterocycles. The number of carbonyl (C=O) groups excluding carboxylic acids is 1. The van der Waals surface area contributed by atoms with Crippen molar-refractivity contribution in [3.63, 3.8) is 0 Å². The molecule has 3 aromatic carbocycles. The number of thiazole rings is 1. The Labute approximate surface area is 172 Å². The summed E-state index contributed by atoms with van der Waals surface area (Å²) in [5, 5.41) is 3.35. The standard InChI is InChI=1S/C23H20N2O3S/c1-15-7-6-8-16(2)22(15)27-14-21(26)25-23-24-19-12-11-18(13-20(19)29-23)28-17-9-4-3-5-10-17/h3-13H,14H2,1-2H3,(H,24,25,26). The van der Waals surface area contributed by atoms with E-state index in [9.17, 15) is 4.79 Å². The monoisotopic (exact) mass is 404 g/mol. The van der Waals surface area contributed by atoms with E-state index in [4.69, 9.17) is 9.47 Å². The van der Waals surface area contributed by atoms with Crippen molar-refractivity contribution in [1.29, 1.82) is 0 Å². The Hall–Kier alpha value is -3.38. The first-order valence-electron chi connectivity index (χ1n) is 9.21. The van der Waals surface area contributed by atoms with Crippen LogP contribution in [0.3, 0.4) is 0 Å². The SMILES string of the molecule is Cc1cccc(C)c1OCC(=O)Nc1nc2ccc(Oc3ccccc3)cc2s1. The summed E-state index contributed by atoms with van der Waals surface area (Å²) in [5.41, 5.74) is 2.81. The van der Waals surface area contributed by atoms with Crippen molar-refractivity contribution in [3.8, 4) is 17.2 Å². The summed E-state index contributed by atoms with van der Waals surface area (Å²) in [6.07, 6.45) is 0. The van der Waals surface area contributed by atoms with Crippen molar-refractivity contribution >= 4 is 32.6 Å². The molecule has 0 unspecified atom stereocenters. The minimum absolute atomic E-state index is 0.0655. The maximum Gasteiger partial charge on any atom is 0.264 e. The molecule has 0 bridgehead atoms. The second-order valence-corrected chi connectivity index (χ2v) is 7.65. The molecule has 0 aliphatic rings. The van der Waals surface area contributed by atoms with Crippen LogP contribution in [0.15, 0.2) is 66.7 Å². The Kier molecular flexibility index (Phi) is 5.44. The van der Waals surface area contributed by atoms with E-state index in [2.05, 4.69) is 10.3 Å². The summed E-state index contributed by atoms with van der Waals surface area (Å²) >= 11 is 1.40. The van der Waals surface area contributed by atoms with Crippen molar-refractivity contribution in [2.45, 2.75) is 13.8 Å². The fourth-order valence-electron chi connectivity index (χ4n) is 2.97. The highest BCUT2D eigenvalue weighted by atomic mass is 32.1. The van der Waals surface area contributed by atoms with Crippen LogP contribution >= 0.6 is 11.3 Å². The number of fused-ring (bicyclic) bond motifs is 1. The Morgan fingerprint density at radius 3 is 2.48 bits per heavy atom. The second kappa shape index (κ2) is 8.32. The van der Waals surface area contributed by atoms with Crippen LogP contribution in [0.5, 0.6) is 17.2 Å². The number of rotatable bonds is 6. The number of nitrogens with one attached hydrogen (secondary N) is 1. The largest absolute Gasteiger partial charge is 0.483 e. The van der Waals surface area contributed by atoms with Gasteiger partial charge in [0.05, 0.1) is 10.2 Å². The quantitative estimate of drug-likeness (QED) is 0.446. The lowest BCUT2D eigenvalue weighted by Gasteiger charge is -2.11. The number of amides is 1. The molecule has 6 heteroatoms. The molecular weight excluding hydrogens is 384 g/mol. The Balaban J connectivity index is 1.42. The summed E-state index contributed by atoms with van der Waals surface area (Å²) < 4.78 is 12.5. The minimum Gasteiger partial charge on any atom is -0.483 e. The molecule has 4 aromatic rings. The zero-order valence-electron chi connectivity index (χ0n) is 16.1. The Morgan fingerprint density at radius 2 is 1.72 bits per heavy atom. The molecule has 1 N–H and O–H groups in total. The Bertz CT molecular complexity index is 1140. The predicted octanol–water partition coefficient (Wildman–Crippen LogP) is 5.72. The smallest absolute Gasteiger partial charge is 0.264 e. The van der Waals surface area contributed by atoms with E-state index >= 15 is 0 Å². The molecule has 0 aliphatic carbocycles. The fourth-order valence-corrected chi connectivity index (χ4v) is 3.88. The van der Waals surface area contributed by atoms with Crippen LogP contribution in [0, 0.1) is 13.8 Å². The van der Waals surface area contributed by atoms with Gasteiger partial charge in [0.15, 0.2) is 11.7 Å². The normalized spacial score (nSPS) is 10.7. The lowest BCUT2D eigenvalue weighted by Crippen LogP contribution is -2.20. The lowest BCUT2D eigenvalue weighted by atomic mass is 10.1. The van der Waals surface area contributed by atoms with Gasteiger partial charge in [-0.15, -0.1) is 0 Å². The van der Waals surface area contributed by atoms with Crippen LogP contribution in [-0.2, 0) is 4.79 Å². The highest BCUT2D eigenvalue weighted by Gasteiger charge is 2.11. The molecule has 4 rings (SSSR count). The summed E-state index contributed by atoms with van der Waals surface area (Å²) in [5.74, 6) is 2.00. The maximum atomic E-state index is 12.3. The minimum atomic E-state index is -0.243. The number of ether oxygens (including phenoxy) is 2. The summed E-state index contributed by atoms with van der Waals surface area (Å²) in [4.78, 5) is 16.8. The number of nitrogens with zero attached hydrogens (tertiary/aromatic N) is 1. The third kappa shape index (κ3) is 4.55. The average molecular weight is 404 g/mol. The number of hydrogen-bond donors (Lipinski definition) is 1. The van der Waals surface area contributed by atoms with Gasteiger partial charge in [0.25, 0.3) is 5.91 Å². The molecule has 0 saturated heterocycles. The summed E-state index contributed by atoms with van der Waals surface area (Å²) in [7, 11) is 0. The zero-order valence-corrected chi connectivity index (χ0v) is 17.0. The van der Waals surface area contributed by atoms with Crippen molar-refractivity contribution < 1.29 is 14.3 Å². The van der Waals surface area contributed by atoms with Crippen LogP contribution in [0.2, 0.25) is 0 Å². The molecule has 0 atom stereocenters. The molecule has 146 valence electrons. The van der Waals surface area contributed by atoms with Crippen molar-refractivity contribution in [1.82, 2.24) is 4.98 Å². The fraction of sp³-hybridized carbons (Fsp3) is 0.130. The summed E-state index contributed by atoms with van der Waals surface area (Å²) in [6, 6.07) is 21.2. The van der Waals surface area contributed by atoms with Crippen LogP contribution in [0.1, 0.15) is 11.1 Å². The van der Waals surface area contributed by atoms with Crippen molar-refractivity contribution in [2.24, 2.45) is 0 Å². The van der Waals surface area contributed by atoms with Gasteiger partial charge >= 0.3 is 0 Å². The first kappa shape index (κ1) is 19.0. The predicted molar refractivity (Wildman–Crippen MR) is 116 cm³/mol. The molecule has 1 aromatic heterocycles. The van der Waals surface area contributed by atoms with Crippen LogP contribution < -0.4 is 14.8 Å². The first-order valence-corrected chi connectivity index (χ1v) is 10.0. The van der Waals surface area contributed by atoms with Crippen molar-refractivity contribution in [2.75, 3.05) is 11.9 Å². The van der Waals surface area contributed by atoms with E-state index in [0.29, 0.717) is 5.13 Å². The number of carbonyl (C=O) groups is 1. The van der Waals surface area contributed by atoms with Crippen molar-refractivity contribution in [3.05, 3.63) is 77.9 Å². The third-order valence-electron chi connectivity index (χ3n) is 4.34. The van der Waals surface area contributed by atoms with Gasteiger partial charge in [-0.1, -0.05) is 47.7 Å². The van der Waals surface area contributed by atoms with Gasteiger partial charge < -0.3 is 9.47 Å². The van der Waals surface area contributed by atoms with E-state index in [1.165, 1.54) is 11.3 Å². The third-order valence-corrected chi connectivity index (χ3v) is 5.28. The lowest BCUT2D eigenvalue weighted by molar-refractivity contribution is -0.118. The van der Waals surface area contributed by atoms with E-state index in [0.717, 1.165) is 38.6 Å². The topological polar surface area (TPSA) is 60.5 Å². The van der Waals surface area contributed by atoms with Gasteiger partial charge in [0.1, 0.15) is 17.2 Å². The number of aromatic nitrogens is 1. The number of para-hydroxylation sites is 2. The van der Waals surface area contributed by atoms with E-state index < -0.39 is 0 Å². The van der Waals surface area contributed by atoms with Gasteiger partial charge in [0.2, 0.25) is 0 Å². The number of hydrogen-bond acceptors (Lipinski definition) is 5. The molecule has 0 saturated carbocycles. The van der Waals surface area contributed by atoms with Gasteiger partial charge in [-0.05, 0) is 49.2 Å². The van der Waals surface area contributed by atoms with Crippen LogP contribution in [-0.4, -0.2) is 17.5 Å². The highest BCUT2D eigenvalue weighted by molar-refractivity contribution is 7.22. The molecule has 29 heavy (non-hydrogen) atoms. The van der Waals surface area contributed by atoms with Crippen LogP contribution in [0.4, 0.5) is 5.13 Å². The van der Waals surface area contributed by atoms with Crippen LogP contribution in [0.25, 0.3) is 10.2 Å². The van der Waals surface area contributed by atoms with E-state index in [1.807, 2.05) is 80.6 Å². The van der Waals surface area contributed by atoms with Gasteiger partial charge in [-0.3, -0.25) is 10.1 Å². The van der Waals surface area contributed by atoms with E-state index in [-0.39, 0.29) is 12.5 Å². The molecule has 0 fully saturated rings. The highest BCUT2D eigenvalue weighted by Crippen LogP contribution is 2.31. The second-order valence-electron chi connectivity index (χ2n) is 6.62. The van der Waals surface area contributed by atoms with E-state index in [1.54, 1.807) is 0 Å². The molecule has 0 radical (unpaired) electrons. The molecular formula is C23H20N2O3S. The first-order chi connectivity index (χ1) is 14.1. The molecule has 5 nitrogen and oxygen atoms in total. The Morgan fingerprint density at radius 1 is 0.966 bits per heavy atom. The molecule has 0 spiro atoms. The van der Waals surface area contributed by atoms with Gasteiger partial charge in [-0.25, -0.2) is 4.98 Å².